The highest BCUT2D eigenvalue weighted by atomic mass is 16.2. The third-order valence-electron chi connectivity index (χ3n) is 8.77. The first-order valence-corrected chi connectivity index (χ1v) is 15.9. The van der Waals surface area contributed by atoms with Crippen molar-refractivity contribution in [1.29, 1.82) is 10.5 Å². The average molecular weight is 665 g/mol. The molecule has 0 bridgehead atoms. The van der Waals surface area contributed by atoms with E-state index in [1.54, 1.807) is 61.1 Å². The number of rotatable bonds is 8. The van der Waals surface area contributed by atoms with Crippen LogP contribution in [-0.2, 0) is 16.1 Å². The van der Waals surface area contributed by atoms with E-state index in [-0.39, 0.29) is 35.7 Å². The van der Waals surface area contributed by atoms with E-state index < -0.39 is 29.8 Å². The second-order valence-electron chi connectivity index (χ2n) is 11.9. The molecule has 1 aromatic heterocycles. The molecule has 0 radical (unpaired) electrons. The van der Waals surface area contributed by atoms with Crippen molar-refractivity contribution in [2.45, 2.75) is 32.5 Å². The molecule has 0 saturated heterocycles. The van der Waals surface area contributed by atoms with Crippen molar-refractivity contribution >= 4 is 45.8 Å². The molecule has 12 nitrogen and oxygen atoms in total. The first-order chi connectivity index (χ1) is 24.1. The highest BCUT2D eigenvalue weighted by molar-refractivity contribution is 6.13. The van der Waals surface area contributed by atoms with Gasteiger partial charge in [-0.1, -0.05) is 42.5 Å². The number of anilines is 2. The summed E-state index contributed by atoms with van der Waals surface area (Å²) < 4.78 is 1.67. The van der Waals surface area contributed by atoms with Gasteiger partial charge in [0.05, 0.1) is 64.6 Å². The summed E-state index contributed by atoms with van der Waals surface area (Å²) in [5.41, 5.74) is 3.76. The maximum atomic E-state index is 14.6. The van der Waals surface area contributed by atoms with Gasteiger partial charge in [-0.3, -0.25) is 19.2 Å². The number of likely N-dealkylation sites (N-methyl/N-ethyl adjacent to an activating group) is 1. The number of hydrogen-bond acceptors (Lipinski definition) is 8. The summed E-state index contributed by atoms with van der Waals surface area (Å²) in [6, 6.07) is 27.9. The summed E-state index contributed by atoms with van der Waals surface area (Å²) in [7, 11) is 1.62. The molecule has 6 rings (SSSR count). The topological polar surface area (TPSA) is 164 Å². The predicted octanol–water partition coefficient (Wildman–Crippen LogP) is 4.26. The minimum absolute atomic E-state index is 0.0662. The fraction of sp³-hybridized carbons (Fsp3) is 0.184. The van der Waals surface area contributed by atoms with Gasteiger partial charge in [-0.15, -0.1) is 0 Å². The number of amides is 3. The van der Waals surface area contributed by atoms with Crippen molar-refractivity contribution in [3.05, 3.63) is 119 Å². The van der Waals surface area contributed by atoms with Crippen molar-refractivity contribution in [2.24, 2.45) is 0 Å². The lowest BCUT2D eigenvalue weighted by Crippen LogP contribution is -2.55. The van der Waals surface area contributed by atoms with Crippen LogP contribution in [-0.4, -0.2) is 59.0 Å². The summed E-state index contributed by atoms with van der Waals surface area (Å²) in [6.45, 7) is 2.78. The maximum absolute atomic E-state index is 14.6. The number of benzene rings is 4. The summed E-state index contributed by atoms with van der Waals surface area (Å²) in [5, 5.41) is 31.0. The van der Waals surface area contributed by atoms with Gasteiger partial charge in [-0.05, 0) is 69.4 Å². The Balaban J connectivity index is 1.51. The number of carbonyl (C=O) groups is 4. The van der Waals surface area contributed by atoms with E-state index in [4.69, 9.17) is 5.10 Å². The Morgan fingerprint density at radius 3 is 2.30 bits per heavy atom. The third-order valence-corrected chi connectivity index (χ3v) is 8.77. The Morgan fingerprint density at radius 1 is 0.900 bits per heavy atom. The number of nitriles is 2. The Bertz CT molecular complexity index is 2250. The highest BCUT2D eigenvalue weighted by Gasteiger charge is 2.38. The van der Waals surface area contributed by atoms with E-state index >= 15 is 0 Å². The van der Waals surface area contributed by atoms with Gasteiger partial charge < -0.3 is 20.4 Å². The zero-order valence-electron chi connectivity index (χ0n) is 27.5. The second kappa shape index (κ2) is 13.8. The SMILES string of the molecule is CNC(C)C(=O)NC1CN(C(=O)c2ccc(C(C)=O)cc2)c2cc(C#N)ccc2N(Cc2nn(-c3ccccc3C#N)c3ccccc23)C1=O. The monoisotopic (exact) mass is 664 g/mol. The van der Waals surface area contributed by atoms with Crippen LogP contribution in [0.4, 0.5) is 11.4 Å². The van der Waals surface area contributed by atoms with Crippen molar-refractivity contribution in [3.63, 3.8) is 0 Å². The van der Waals surface area contributed by atoms with E-state index in [1.807, 2.05) is 30.3 Å². The molecule has 0 saturated carbocycles. The van der Waals surface area contributed by atoms with Crippen molar-refractivity contribution < 1.29 is 19.2 Å². The number of carbonyl (C=O) groups excluding carboxylic acids is 4. The van der Waals surface area contributed by atoms with Crippen LogP contribution in [0.25, 0.3) is 16.6 Å². The van der Waals surface area contributed by atoms with E-state index in [1.165, 1.54) is 34.9 Å². The van der Waals surface area contributed by atoms with Gasteiger partial charge in [-0.25, -0.2) is 4.68 Å². The largest absolute Gasteiger partial charge is 0.341 e. The van der Waals surface area contributed by atoms with E-state index in [0.29, 0.717) is 33.7 Å². The lowest BCUT2D eigenvalue weighted by Gasteiger charge is -2.26. The van der Waals surface area contributed by atoms with Crippen LogP contribution in [0.2, 0.25) is 0 Å². The standard InChI is InChI=1S/C38H32N8O4/c1-23(41-3)36(48)42-31-22-45(37(49)27-15-13-26(14-16-27)24(2)47)35-18-25(19-39)12-17-34(35)44(38(31)50)21-30-29-9-5-7-11-33(29)46(43-30)32-10-6-4-8-28(32)20-40/h4-18,23,31,41H,21-22H2,1-3H3,(H,42,48). The number of Topliss-reactive ketones (excluding diaryl/α,β-unsaturated/α-hetero) is 1. The Labute approximate surface area is 288 Å². The van der Waals surface area contributed by atoms with Crippen molar-refractivity contribution in [3.8, 4) is 17.8 Å². The molecule has 1 aliphatic rings. The summed E-state index contributed by atoms with van der Waals surface area (Å²) >= 11 is 0. The molecule has 1 aliphatic heterocycles. The zero-order chi connectivity index (χ0) is 35.5. The molecule has 3 amide bonds. The number of ketones is 1. The molecular formula is C38H32N8O4. The third kappa shape index (κ3) is 6.19. The fourth-order valence-electron chi connectivity index (χ4n) is 5.93. The molecule has 2 heterocycles. The molecule has 2 atom stereocenters. The smallest absolute Gasteiger partial charge is 0.258 e. The number of fused-ring (bicyclic) bond motifs is 2. The predicted molar refractivity (Wildman–Crippen MR) is 187 cm³/mol. The first kappa shape index (κ1) is 33.3. The van der Waals surface area contributed by atoms with Crippen LogP contribution >= 0.6 is 0 Å². The second-order valence-corrected chi connectivity index (χ2v) is 11.9. The molecule has 5 aromatic rings. The van der Waals surface area contributed by atoms with Crippen molar-refractivity contribution in [1.82, 2.24) is 20.4 Å². The van der Waals surface area contributed by atoms with E-state index in [0.717, 1.165) is 5.39 Å². The first-order valence-electron chi connectivity index (χ1n) is 15.9. The maximum Gasteiger partial charge on any atom is 0.258 e. The van der Waals surface area contributed by atoms with Gasteiger partial charge in [0.25, 0.3) is 11.8 Å². The number of nitrogens with zero attached hydrogens (tertiary/aromatic N) is 6. The highest BCUT2D eigenvalue weighted by Crippen LogP contribution is 2.37. The van der Waals surface area contributed by atoms with Crippen LogP contribution < -0.4 is 20.4 Å². The lowest BCUT2D eigenvalue weighted by molar-refractivity contribution is -0.128. The van der Waals surface area contributed by atoms with Crippen molar-refractivity contribution in [2.75, 3.05) is 23.4 Å². The van der Waals surface area contributed by atoms with E-state index in [2.05, 4.69) is 22.8 Å². The molecule has 12 heteroatoms. The lowest BCUT2D eigenvalue weighted by atomic mass is 10.1. The number of aromatic nitrogens is 2. The summed E-state index contributed by atoms with van der Waals surface area (Å²) in [4.78, 5) is 56.8. The summed E-state index contributed by atoms with van der Waals surface area (Å²) in [6.07, 6.45) is 0. The minimum Gasteiger partial charge on any atom is -0.341 e. The minimum atomic E-state index is -1.19. The summed E-state index contributed by atoms with van der Waals surface area (Å²) in [5.74, 6) is -1.59. The van der Waals surface area contributed by atoms with Crippen LogP contribution in [0, 0.1) is 22.7 Å². The number of nitrogens with one attached hydrogen (secondary N) is 2. The van der Waals surface area contributed by atoms with Crippen LogP contribution in [0.15, 0.2) is 91.0 Å². The Morgan fingerprint density at radius 2 is 1.60 bits per heavy atom. The molecular weight excluding hydrogens is 632 g/mol. The van der Waals surface area contributed by atoms with Crippen LogP contribution in [0.5, 0.6) is 0 Å². The van der Waals surface area contributed by atoms with Crippen LogP contribution in [0.3, 0.4) is 0 Å². The molecule has 0 fully saturated rings. The van der Waals surface area contributed by atoms with E-state index in [9.17, 15) is 29.7 Å². The van der Waals surface area contributed by atoms with Gasteiger partial charge in [0, 0.05) is 16.5 Å². The van der Waals surface area contributed by atoms with Gasteiger partial charge >= 0.3 is 0 Å². The fourth-order valence-corrected chi connectivity index (χ4v) is 5.93. The van der Waals surface area contributed by atoms with Gasteiger partial charge in [0.2, 0.25) is 5.91 Å². The molecule has 50 heavy (non-hydrogen) atoms. The Kier molecular flexibility index (Phi) is 9.22. The zero-order valence-corrected chi connectivity index (χ0v) is 27.5. The Hall–Kier alpha value is -6.63. The van der Waals surface area contributed by atoms with Crippen LogP contribution in [0.1, 0.15) is 51.4 Å². The number of para-hydroxylation sites is 2. The molecule has 0 aliphatic carbocycles. The normalized spacial score (nSPS) is 14.7. The molecule has 2 N–H and O–H groups in total. The number of hydrogen-bond donors (Lipinski definition) is 2. The van der Waals surface area contributed by atoms with Gasteiger partial charge in [-0.2, -0.15) is 15.6 Å². The quantitative estimate of drug-likeness (QED) is 0.233. The van der Waals surface area contributed by atoms with Gasteiger partial charge in [0.1, 0.15) is 12.1 Å². The average Bonchev–Trinajstić information content (AvgIpc) is 3.47. The molecule has 4 aromatic carbocycles. The molecule has 0 spiro atoms. The molecule has 248 valence electrons. The van der Waals surface area contributed by atoms with Gasteiger partial charge in [0.15, 0.2) is 5.78 Å². The molecule has 2 unspecified atom stereocenters.